The summed E-state index contributed by atoms with van der Waals surface area (Å²) in [5, 5.41) is 6.08. The maximum atomic E-state index is 12.0. The summed E-state index contributed by atoms with van der Waals surface area (Å²) in [4.78, 5) is 12.0. The van der Waals surface area contributed by atoms with E-state index in [1.54, 1.807) is 32.4 Å². The van der Waals surface area contributed by atoms with E-state index in [2.05, 4.69) is 24.5 Å². The Morgan fingerprint density at radius 3 is 2.16 bits per heavy atom. The second-order valence-electron chi connectivity index (χ2n) is 4.47. The average Bonchev–Trinajstić information content (AvgIpc) is 2.42. The molecule has 0 aliphatic rings. The van der Waals surface area contributed by atoms with Gasteiger partial charge in [0, 0.05) is 30.8 Å². The fourth-order valence-electron chi connectivity index (χ4n) is 1.58. The van der Waals surface area contributed by atoms with Gasteiger partial charge in [0.1, 0.15) is 11.5 Å². The molecular weight excluding hydrogens is 244 g/mol. The Balaban J connectivity index is 2.60. The van der Waals surface area contributed by atoms with Crippen LogP contribution in [0.2, 0.25) is 0 Å². The molecule has 0 fully saturated rings. The Labute approximate surface area is 114 Å². The predicted molar refractivity (Wildman–Crippen MR) is 75.0 cm³/mol. The number of methoxy groups -OCH3 is 2. The lowest BCUT2D eigenvalue weighted by Crippen LogP contribution is -2.34. The lowest BCUT2D eigenvalue weighted by atomic mass is 10.2. The van der Waals surface area contributed by atoms with E-state index in [-0.39, 0.29) is 5.91 Å². The van der Waals surface area contributed by atoms with E-state index in [0.29, 0.717) is 29.6 Å². The van der Waals surface area contributed by atoms with Crippen LogP contribution in [0.3, 0.4) is 0 Å². The summed E-state index contributed by atoms with van der Waals surface area (Å²) in [7, 11) is 3.12. The number of amides is 1. The Bertz CT molecular complexity index is 397. The molecule has 0 spiro atoms. The second-order valence-corrected chi connectivity index (χ2v) is 4.47. The molecule has 0 atom stereocenters. The number of hydrogen-bond acceptors (Lipinski definition) is 4. The van der Waals surface area contributed by atoms with Gasteiger partial charge in [0.25, 0.3) is 5.91 Å². The maximum Gasteiger partial charge on any atom is 0.251 e. The minimum atomic E-state index is -0.136. The number of nitrogens with one attached hydrogen (secondary N) is 2. The standard InChI is InChI=1S/C14H22N2O3/c1-10(2)15-5-6-16-14(17)11-7-12(18-3)9-13(8-11)19-4/h7-10,15H,5-6H2,1-4H3,(H,16,17). The van der Waals surface area contributed by atoms with Crippen LogP contribution >= 0.6 is 0 Å². The zero-order valence-electron chi connectivity index (χ0n) is 11.9. The molecule has 0 unspecified atom stereocenters. The summed E-state index contributed by atoms with van der Waals surface area (Å²) in [5.74, 6) is 1.07. The lowest BCUT2D eigenvalue weighted by molar-refractivity contribution is 0.0953. The van der Waals surface area contributed by atoms with E-state index in [1.807, 2.05) is 0 Å². The van der Waals surface area contributed by atoms with Crippen molar-refractivity contribution in [2.75, 3.05) is 27.3 Å². The van der Waals surface area contributed by atoms with Gasteiger partial charge in [0.2, 0.25) is 0 Å². The highest BCUT2D eigenvalue weighted by molar-refractivity contribution is 5.95. The Kier molecular flexibility index (Phi) is 6.15. The molecule has 19 heavy (non-hydrogen) atoms. The molecule has 0 aliphatic heterocycles. The van der Waals surface area contributed by atoms with Crippen LogP contribution in [-0.2, 0) is 0 Å². The predicted octanol–water partition coefficient (Wildman–Crippen LogP) is 1.43. The minimum absolute atomic E-state index is 0.136. The quantitative estimate of drug-likeness (QED) is 0.733. The number of carbonyl (C=O) groups excluding carboxylic acids is 1. The van der Waals surface area contributed by atoms with Crippen LogP contribution in [0.25, 0.3) is 0 Å². The van der Waals surface area contributed by atoms with Gasteiger partial charge in [-0.05, 0) is 12.1 Å². The minimum Gasteiger partial charge on any atom is -0.497 e. The highest BCUT2D eigenvalue weighted by atomic mass is 16.5. The van der Waals surface area contributed by atoms with E-state index in [4.69, 9.17) is 9.47 Å². The van der Waals surface area contributed by atoms with E-state index in [9.17, 15) is 4.79 Å². The van der Waals surface area contributed by atoms with Gasteiger partial charge in [-0.25, -0.2) is 0 Å². The fourth-order valence-corrected chi connectivity index (χ4v) is 1.58. The molecule has 0 heterocycles. The molecule has 5 heteroatoms. The molecule has 106 valence electrons. The number of hydrogen-bond donors (Lipinski definition) is 2. The van der Waals surface area contributed by atoms with Gasteiger partial charge >= 0.3 is 0 Å². The number of rotatable bonds is 7. The van der Waals surface area contributed by atoms with Crippen LogP contribution in [0.5, 0.6) is 11.5 Å². The average molecular weight is 266 g/mol. The lowest BCUT2D eigenvalue weighted by Gasteiger charge is -2.11. The molecule has 2 N–H and O–H groups in total. The first-order valence-electron chi connectivity index (χ1n) is 6.31. The summed E-state index contributed by atoms with van der Waals surface area (Å²) < 4.78 is 10.3. The molecule has 0 aromatic heterocycles. The number of carbonyl (C=O) groups is 1. The van der Waals surface area contributed by atoms with E-state index < -0.39 is 0 Å². The van der Waals surface area contributed by atoms with Crippen LogP contribution in [-0.4, -0.2) is 39.3 Å². The Hall–Kier alpha value is -1.75. The molecule has 1 aromatic rings. The highest BCUT2D eigenvalue weighted by Crippen LogP contribution is 2.22. The van der Waals surface area contributed by atoms with Crippen LogP contribution in [0.4, 0.5) is 0 Å². The van der Waals surface area contributed by atoms with Gasteiger partial charge < -0.3 is 20.1 Å². The van der Waals surface area contributed by atoms with Crippen molar-refractivity contribution >= 4 is 5.91 Å². The van der Waals surface area contributed by atoms with Crippen LogP contribution in [0, 0.1) is 0 Å². The van der Waals surface area contributed by atoms with Gasteiger partial charge in [-0.2, -0.15) is 0 Å². The molecule has 0 saturated carbocycles. The fraction of sp³-hybridized carbons (Fsp3) is 0.500. The molecule has 1 rings (SSSR count). The molecule has 1 amide bonds. The van der Waals surface area contributed by atoms with E-state index >= 15 is 0 Å². The molecule has 0 saturated heterocycles. The molecule has 0 radical (unpaired) electrons. The molecule has 0 bridgehead atoms. The van der Waals surface area contributed by atoms with Gasteiger partial charge in [-0.15, -0.1) is 0 Å². The van der Waals surface area contributed by atoms with Gasteiger partial charge in [0.15, 0.2) is 0 Å². The smallest absolute Gasteiger partial charge is 0.251 e. The summed E-state index contributed by atoms with van der Waals surface area (Å²) in [6, 6.07) is 5.52. The third-order valence-corrected chi connectivity index (χ3v) is 2.58. The molecule has 0 aliphatic carbocycles. The van der Waals surface area contributed by atoms with Crippen molar-refractivity contribution in [2.24, 2.45) is 0 Å². The molecule has 1 aromatic carbocycles. The second kappa shape index (κ2) is 7.63. The SMILES string of the molecule is COc1cc(OC)cc(C(=O)NCCNC(C)C)c1. The van der Waals surface area contributed by atoms with Crippen LogP contribution in [0.1, 0.15) is 24.2 Å². The van der Waals surface area contributed by atoms with E-state index in [0.717, 1.165) is 6.54 Å². The van der Waals surface area contributed by atoms with Crippen LogP contribution < -0.4 is 20.1 Å². The normalized spacial score (nSPS) is 10.4. The first-order chi connectivity index (χ1) is 9.06. The van der Waals surface area contributed by atoms with Crippen molar-refractivity contribution < 1.29 is 14.3 Å². The number of ether oxygens (including phenoxy) is 2. The largest absolute Gasteiger partial charge is 0.497 e. The van der Waals surface area contributed by atoms with Gasteiger partial charge in [-0.1, -0.05) is 13.8 Å². The van der Waals surface area contributed by atoms with Crippen LogP contribution in [0.15, 0.2) is 18.2 Å². The highest BCUT2D eigenvalue weighted by Gasteiger charge is 2.09. The van der Waals surface area contributed by atoms with Crippen molar-refractivity contribution in [2.45, 2.75) is 19.9 Å². The Morgan fingerprint density at radius 1 is 1.11 bits per heavy atom. The third kappa shape index (κ3) is 5.18. The monoisotopic (exact) mass is 266 g/mol. The molecular formula is C14H22N2O3. The van der Waals surface area contributed by atoms with Gasteiger partial charge in [0.05, 0.1) is 14.2 Å². The summed E-state index contributed by atoms with van der Waals surface area (Å²) in [6.45, 7) is 5.45. The zero-order chi connectivity index (χ0) is 14.3. The van der Waals surface area contributed by atoms with Gasteiger partial charge in [-0.3, -0.25) is 4.79 Å². The first kappa shape index (κ1) is 15.3. The van der Waals surface area contributed by atoms with Crippen molar-refractivity contribution in [3.05, 3.63) is 23.8 Å². The molecule has 5 nitrogen and oxygen atoms in total. The first-order valence-corrected chi connectivity index (χ1v) is 6.31. The van der Waals surface area contributed by atoms with E-state index in [1.165, 1.54) is 0 Å². The summed E-state index contributed by atoms with van der Waals surface area (Å²) in [5.41, 5.74) is 0.528. The third-order valence-electron chi connectivity index (χ3n) is 2.58. The maximum absolute atomic E-state index is 12.0. The summed E-state index contributed by atoms with van der Waals surface area (Å²) in [6.07, 6.45) is 0. The van der Waals surface area contributed by atoms with Crippen molar-refractivity contribution in [3.8, 4) is 11.5 Å². The zero-order valence-corrected chi connectivity index (χ0v) is 11.9. The van der Waals surface area contributed by atoms with Crippen molar-refractivity contribution in [1.82, 2.24) is 10.6 Å². The Morgan fingerprint density at radius 2 is 1.68 bits per heavy atom. The topological polar surface area (TPSA) is 59.6 Å². The van der Waals surface area contributed by atoms with Crippen molar-refractivity contribution in [1.29, 1.82) is 0 Å². The van der Waals surface area contributed by atoms with Crippen molar-refractivity contribution in [3.63, 3.8) is 0 Å². The number of benzene rings is 1. The summed E-state index contributed by atoms with van der Waals surface area (Å²) >= 11 is 0.